The molecule has 0 aliphatic carbocycles. The normalized spacial score (nSPS) is 16.9. The minimum atomic E-state index is -1.18. The van der Waals surface area contributed by atoms with E-state index in [2.05, 4.69) is 6.92 Å². The first-order valence-corrected chi connectivity index (χ1v) is 11.6. The van der Waals surface area contributed by atoms with E-state index in [1.54, 1.807) is 0 Å². The second kappa shape index (κ2) is 14.8. The summed E-state index contributed by atoms with van der Waals surface area (Å²) in [6.45, 7) is 7.25. The van der Waals surface area contributed by atoms with E-state index in [1.165, 1.54) is 44.9 Å². The van der Waals surface area contributed by atoms with Gasteiger partial charge in [0.1, 0.15) is 6.61 Å². The van der Waals surface area contributed by atoms with Gasteiger partial charge in [0, 0.05) is 6.61 Å². The molecule has 0 aromatic heterocycles. The van der Waals surface area contributed by atoms with Gasteiger partial charge in [0.05, 0.1) is 12.7 Å². The lowest BCUT2D eigenvalue weighted by Gasteiger charge is -2.27. The predicted octanol–water partition coefficient (Wildman–Crippen LogP) is 5.59. The highest BCUT2D eigenvalue weighted by molar-refractivity contribution is 6.00. The Hall–Kier alpha value is -1.10. The molecule has 1 atom stereocenters. The monoisotopic (exact) mass is 398 g/mol. The lowest BCUT2D eigenvalue weighted by Crippen LogP contribution is -2.42. The zero-order chi connectivity index (χ0) is 20.7. The fourth-order valence-corrected chi connectivity index (χ4v) is 3.71. The van der Waals surface area contributed by atoms with E-state index in [0.29, 0.717) is 19.4 Å². The van der Waals surface area contributed by atoms with Crippen molar-refractivity contribution >= 4 is 11.9 Å². The number of carbonyl (C=O) groups is 2. The Morgan fingerprint density at radius 3 is 1.96 bits per heavy atom. The average Bonchev–Trinajstić information content (AvgIpc) is 3.23. The molecule has 1 aliphatic heterocycles. The van der Waals surface area contributed by atoms with Crippen LogP contribution in [0.1, 0.15) is 104 Å². The van der Waals surface area contributed by atoms with Gasteiger partial charge in [-0.15, -0.1) is 0 Å². The summed E-state index contributed by atoms with van der Waals surface area (Å²) in [5.41, 5.74) is -1.18. The van der Waals surface area contributed by atoms with E-state index in [9.17, 15) is 9.59 Å². The van der Waals surface area contributed by atoms with E-state index in [1.807, 2.05) is 13.8 Å². The fraction of sp³-hybridized carbons (Fsp3) is 0.913. The van der Waals surface area contributed by atoms with E-state index < -0.39 is 17.4 Å². The largest absolute Gasteiger partial charge is 0.465 e. The molecular weight excluding hydrogens is 356 g/mol. The number of unbranched alkanes of at least 4 members (excludes halogenated alkanes) is 8. The Morgan fingerprint density at radius 2 is 1.43 bits per heavy atom. The van der Waals surface area contributed by atoms with Gasteiger partial charge in [-0.1, -0.05) is 72.1 Å². The molecule has 0 N–H and O–H groups in total. The van der Waals surface area contributed by atoms with Gasteiger partial charge in [-0.3, -0.25) is 9.59 Å². The molecule has 0 aromatic rings. The number of rotatable bonds is 16. The number of esters is 2. The zero-order valence-electron chi connectivity index (χ0n) is 18.4. The van der Waals surface area contributed by atoms with Gasteiger partial charge in [-0.2, -0.15) is 0 Å². The van der Waals surface area contributed by atoms with E-state index in [4.69, 9.17) is 14.2 Å². The van der Waals surface area contributed by atoms with Gasteiger partial charge in [0.15, 0.2) is 5.41 Å². The van der Waals surface area contributed by atoms with Gasteiger partial charge in [-0.05, 0) is 32.1 Å². The summed E-state index contributed by atoms with van der Waals surface area (Å²) < 4.78 is 16.4. The van der Waals surface area contributed by atoms with Gasteiger partial charge >= 0.3 is 11.9 Å². The highest BCUT2D eigenvalue weighted by Crippen LogP contribution is 2.30. The highest BCUT2D eigenvalue weighted by Gasteiger charge is 2.46. The maximum atomic E-state index is 12.6. The Balaban J connectivity index is 2.25. The van der Waals surface area contributed by atoms with Crippen LogP contribution < -0.4 is 0 Å². The molecule has 0 radical (unpaired) electrons. The van der Waals surface area contributed by atoms with Crippen LogP contribution in [0.4, 0.5) is 0 Å². The maximum Gasteiger partial charge on any atom is 0.323 e. The third kappa shape index (κ3) is 8.50. The first-order valence-electron chi connectivity index (χ1n) is 11.6. The molecule has 5 heteroatoms. The van der Waals surface area contributed by atoms with Crippen molar-refractivity contribution in [2.24, 2.45) is 5.41 Å². The Bertz CT molecular complexity index is 425. The molecule has 0 amide bonds. The summed E-state index contributed by atoms with van der Waals surface area (Å²) in [4.78, 5) is 25.3. The molecule has 1 rings (SSSR count). The topological polar surface area (TPSA) is 61.8 Å². The van der Waals surface area contributed by atoms with Crippen LogP contribution in [0.2, 0.25) is 0 Å². The molecule has 0 spiro atoms. The summed E-state index contributed by atoms with van der Waals surface area (Å²) >= 11 is 0. The lowest BCUT2D eigenvalue weighted by atomic mass is 9.82. The quantitative estimate of drug-likeness (QED) is 0.193. The van der Waals surface area contributed by atoms with Crippen LogP contribution in [-0.4, -0.2) is 37.9 Å². The van der Waals surface area contributed by atoms with Crippen molar-refractivity contribution in [1.29, 1.82) is 0 Å². The van der Waals surface area contributed by atoms with E-state index >= 15 is 0 Å². The molecule has 28 heavy (non-hydrogen) atoms. The molecule has 1 unspecified atom stereocenters. The SMILES string of the molecule is CCCCCCCCCCCOC(=O)C(CC)(CC)C(=O)OCC1CCCO1. The van der Waals surface area contributed by atoms with Crippen LogP contribution in [0.3, 0.4) is 0 Å². The molecule has 5 nitrogen and oxygen atoms in total. The number of hydrogen-bond acceptors (Lipinski definition) is 5. The molecule has 1 aliphatic rings. The standard InChI is InChI=1S/C23H42O5/c1-4-7-8-9-10-11-12-13-14-17-27-21(24)23(5-2,6-3)22(25)28-19-20-16-15-18-26-20/h20H,4-19H2,1-3H3. The van der Waals surface area contributed by atoms with Crippen LogP contribution in [0.25, 0.3) is 0 Å². The lowest BCUT2D eigenvalue weighted by molar-refractivity contribution is -0.175. The molecule has 1 heterocycles. The minimum Gasteiger partial charge on any atom is -0.465 e. The summed E-state index contributed by atoms with van der Waals surface area (Å²) in [7, 11) is 0. The first-order chi connectivity index (χ1) is 13.6. The molecule has 1 fully saturated rings. The third-order valence-electron chi connectivity index (χ3n) is 5.89. The van der Waals surface area contributed by atoms with Crippen molar-refractivity contribution in [1.82, 2.24) is 0 Å². The van der Waals surface area contributed by atoms with E-state index in [-0.39, 0.29) is 12.7 Å². The number of carbonyl (C=O) groups excluding carboxylic acids is 2. The minimum absolute atomic E-state index is 0.0339. The Labute approximate surface area is 171 Å². The van der Waals surface area contributed by atoms with Crippen LogP contribution in [0.15, 0.2) is 0 Å². The van der Waals surface area contributed by atoms with Gasteiger partial charge in [0.25, 0.3) is 0 Å². The Morgan fingerprint density at radius 1 is 0.857 bits per heavy atom. The molecule has 0 bridgehead atoms. The molecule has 164 valence electrons. The average molecular weight is 399 g/mol. The summed E-state index contributed by atoms with van der Waals surface area (Å²) in [6, 6.07) is 0. The molecule has 0 saturated carbocycles. The van der Waals surface area contributed by atoms with Crippen molar-refractivity contribution in [3.8, 4) is 0 Å². The molecular formula is C23H42O5. The van der Waals surface area contributed by atoms with Crippen molar-refractivity contribution in [2.45, 2.75) is 110 Å². The summed E-state index contributed by atoms with van der Waals surface area (Å²) in [6.07, 6.45) is 13.6. The Kier molecular flexibility index (Phi) is 13.2. The number of ether oxygens (including phenoxy) is 3. The van der Waals surface area contributed by atoms with Crippen molar-refractivity contribution in [3.05, 3.63) is 0 Å². The summed E-state index contributed by atoms with van der Waals surface area (Å²) in [5, 5.41) is 0. The van der Waals surface area contributed by atoms with Gasteiger partial charge < -0.3 is 14.2 Å². The molecule has 0 aromatic carbocycles. The molecule has 1 saturated heterocycles. The predicted molar refractivity (Wildman–Crippen MR) is 111 cm³/mol. The first kappa shape index (κ1) is 24.9. The van der Waals surface area contributed by atoms with Crippen LogP contribution in [0, 0.1) is 5.41 Å². The van der Waals surface area contributed by atoms with Gasteiger partial charge in [-0.25, -0.2) is 0 Å². The fourth-order valence-electron chi connectivity index (χ4n) is 3.71. The summed E-state index contributed by atoms with van der Waals surface area (Å²) in [5.74, 6) is -0.903. The second-order valence-electron chi connectivity index (χ2n) is 7.99. The van der Waals surface area contributed by atoms with Crippen molar-refractivity contribution in [2.75, 3.05) is 19.8 Å². The zero-order valence-corrected chi connectivity index (χ0v) is 18.4. The van der Waals surface area contributed by atoms with Crippen molar-refractivity contribution in [3.63, 3.8) is 0 Å². The number of hydrogen-bond donors (Lipinski definition) is 0. The van der Waals surface area contributed by atoms with E-state index in [0.717, 1.165) is 32.3 Å². The van der Waals surface area contributed by atoms with Crippen molar-refractivity contribution < 1.29 is 23.8 Å². The maximum absolute atomic E-state index is 12.6. The van der Waals surface area contributed by atoms with Crippen LogP contribution >= 0.6 is 0 Å². The third-order valence-corrected chi connectivity index (χ3v) is 5.89. The van der Waals surface area contributed by atoms with Gasteiger partial charge in [0.2, 0.25) is 0 Å². The van der Waals surface area contributed by atoms with Crippen LogP contribution in [-0.2, 0) is 23.8 Å². The smallest absolute Gasteiger partial charge is 0.323 e. The second-order valence-corrected chi connectivity index (χ2v) is 7.99. The van der Waals surface area contributed by atoms with Crippen LogP contribution in [0.5, 0.6) is 0 Å². The highest BCUT2D eigenvalue weighted by atomic mass is 16.6.